The third-order valence-corrected chi connectivity index (χ3v) is 0. The van der Waals surface area contributed by atoms with E-state index in [2.05, 4.69) is 0 Å². The van der Waals surface area contributed by atoms with Crippen LogP contribution in [-0.4, -0.2) is 0 Å². The van der Waals surface area contributed by atoms with E-state index in [1.54, 1.807) is 0 Å². The van der Waals surface area contributed by atoms with Crippen LogP contribution in [0, 0.1) is 120 Å². The Morgan fingerprint density at radius 3 is 0.263 bits per heavy atom. The molecule has 0 aliphatic heterocycles. The molecular formula is O12P4Th3. The Bertz CT molecular complexity index is 68.0. The Hall–Kier alpha value is 5.21. The van der Waals surface area contributed by atoms with Crippen molar-refractivity contribution in [2.24, 2.45) is 0 Å². The maximum absolute atomic E-state index is 8.48. The van der Waals surface area contributed by atoms with Crippen LogP contribution < -0.4 is 58.7 Å². The van der Waals surface area contributed by atoms with Crippen LogP contribution in [0.2, 0.25) is 0 Å². The summed E-state index contributed by atoms with van der Waals surface area (Å²) in [5, 5.41) is 0. The van der Waals surface area contributed by atoms with Crippen molar-refractivity contribution in [2.75, 3.05) is 0 Å². The second-order valence-electron chi connectivity index (χ2n) is 0.894. The first-order valence-corrected chi connectivity index (χ1v) is 6.57. The van der Waals surface area contributed by atoms with E-state index in [1.165, 1.54) is 0 Å². The molecule has 0 amide bonds. The van der Waals surface area contributed by atoms with Gasteiger partial charge in [0.25, 0.3) is 0 Å². The van der Waals surface area contributed by atoms with E-state index >= 15 is 0 Å². The van der Waals surface area contributed by atoms with Crippen molar-refractivity contribution in [3.8, 4) is 0 Å². The largest absolute Gasteiger partial charge is 4.00 e. The molecule has 19 heteroatoms. The fourth-order valence-electron chi connectivity index (χ4n) is 0. The van der Waals surface area contributed by atoms with Crippen LogP contribution in [0.1, 0.15) is 0 Å². The third-order valence-electron chi connectivity index (χ3n) is 0. The molecule has 0 heterocycles. The van der Waals surface area contributed by atoms with Gasteiger partial charge in [-0.1, -0.05) is 0 Å². The Labute approximate surface area is 209 Å². The van der Waals surface area contributed by atoms with Gasteiger partial charge in [0.2, 0.25) is 0 Å². The van der Waals surface area contributed by atoms with Gasteiger partial charge < -0.3 is 93.1 Å². The van der Waals surface area contributed by atoms with Gasteiger partial charge in [-0.15, -0.1) is 0 Å². The molecule has 0 rings (SSSR count). The van der Waals surface area contributed by atoms with Crippen molar-refractivity contribution in [1.82, 2.24) is 0 Å². The van der Waals surface area contributed by atoms with Crippen LogP contribution >= 0.6 is 34.4 Å². The molecule has 19 heavy (non-hydrogen) atoms. The van der Waals surface area contributed by atoms with Gasteiger partial charge in [0.1, 0.15) is 0 Å². The van der Waals surface area contributed by atoms with Crippen LogP contribution in [-0.2, 0) is 0 Å². The van der Waals surface area contributed by atoms with Gasteiger partial charge in [0.05, 0.1) is 0 Å². The van der Waals surface area contributed by atoms with Gasteiger partial charge >= 0.3 is 120 Å². The molecule has 0 aliphatic carbocycles. The summed E-state index contributed by atoms with van der Waals surface area (Å²) in [5.74, 6) is 0. The molecule has 0 spiro atoms. The quantitative estimate of drug-likeness (QED) is 0.205. The Morgan fingerprint density at radius 2 is 0.263 bits per heavy atom. The van der Waals surface area contributed by atoms with Crippen LogP contribution in [0.15, 0.2) is 0 Å². The Morgan fingerprint density at radius 1 is 0.263 bits per heavy atom. The summed E-state index contributed by atoms with van der Waals surface area (Å²) < 4.78 is 0. The van der Waals surface area contributed by atoms with Crippen molar-refractivity contribution in [3.63, 3.8) is 0 Å². The fourth-order valence-corrected chi connectivity index (χ4v) is 0. The van der Waals surface area contributed by atoms with Gasteiger partial charge in [-0.05, 0) is 0 Å². The van der Waals surface area contributed by atoms with Gasteiger partial charge in [0, 0.05) is 0 Å². The van der Waals surface area contributed by atoms with Gasteiger partial charge in [-0.3, -0.25) is 0 Å². The van der Waals surface area contributed by atoms with Crippen molar-refractivity contribution < 1.29 is 179 Å². The van der Waals surface area contributed by atoms with E-state index in [0.717, 1.165) is 0 Å². The second kappa shape index (κ2) is 38.7. The van der Waals surface area contributed by atoms with Crippen molar-refractivity contribution in [2.45, 2.75) is 0 Å². The summed E-state index contributed by atoms with van der Waals surface area (Å²) >= 11 is 0. The van der Waals surface area contributed by atoms with E-state index in [0.29, 0.717) is 0 Å². The summed E-state index contributed by atoms with van der Waals surface area (Å²) in [6.45, 7) is 0. The van der Waals surface area contributed by atoms with Crippen LogP contribution in [0.4, 0.5) is 0 Å². The summed E-state index contributed by atoms with van der Waals surface area (Å²) in [4.78, 5) is 102. The zero-order valence-corrected chi connectivity index (χ0v) is 24.1. The first-order valence-electron chi connectivity index (χ1n) is 2.19. The third kappa shape index (κ3) is 384. The summed E-state index contributed by atoms with van der Waals surface area (Å²) in [5.41, 5.74) is 0. The molecular weight excluding hydrogens is 1010 g/mol. The molecule has 0 bridgehead atoms. The minimum absolute atomic E-state index is 0. The number of hydrogen-bond donors (Lipinski definition) is 0. The topological polar surface area (TPSA) is 277 Å². The molecule has 0 saturated heterocycles. The van der Waals surface area contributed by atoms with Crippen molar-refractivity contribution in [1.29, 1.82) is 0 Å². The molecule has 0 radical (unpaired) electrons. The fraction of sp³-hybridized carbons (Fsp3) is 0. The molecule has 104 valence electrons. The van der Waals surface area contributed by atoms with E-state index in [9.17, 15) is 0 Å². The van der Waals surface area contributed by atoms with E-state index in [1.807, 2.05) is 0 Å². The first kappa shape index (κ1) is 44.0. The van der Waals surface area contributed by atoms with Crippen molar-refractivity contribution in [3.05, 3.63) is 0 Å². The molecule has 0 aliphatic rings. The zero-order valence-electron chi connectivity index (χ0n) is 8.19. The minimum Gasteiger partial charge on any atom is -0.854 e. The van der Waals surface area contributed by atoms with Crippen LogP contribution in [0.3, 0.4) is 0 Å². The van der Waals surface area contributed by atoms with Crippen LogP contribution in [0.25, 0.3) is 0 Å². The second-order valence-corrected chi connectivity index (χ2v) is 2.68. The van der Waals surface area contributed by atoms with Crippen LogP contribution in [0.5, 0.6) is 0 Å². The maximum atomic E-state index is 8.48. The average molecular weight is 1010 g/mol. The number of rotatable bonds is 0. The molecule has 0 fully saturated rings. The summed E-state index contributed by atoms with van der Waals surface area (Å²) in [6.07, 6.45) is 0. The molecule has 0 unspecified atom stereocenters. The van der Waals surface area contributed by atoms with Crippen molar-refractivity contribution >= 4 is 34.4 Å². The summed E-state index contributed by atoms with van der Waals surface area (Å²) in [7, 11) is -13.5. The van der Waals surface area contributed by atoms with Gasteiger partial charge in [0.15, 0.2) is 0 Å². The molecule has 0 saturated carbocycles. The van der Waals surface area contributed by atoms with E-state index in [4.69, 9.17) is 58.7 Å². The van der Waals surface area contributed by atoms with Gasteiger partial charge in [-0.2, -0.15) is 0 Å². The molecule has 0 aromatic rings. The molecule has 0 aromatic carbocycles. The average Bonchev–Trinajstić information content (AvgIpc) is 1.76. The molecule has 0 atom stereocenters. The Balaban J connectivity index is -0.0000000192. The minimum atomic E-state index is -3.37. The smallest absolute Gasteiger partial charge is 0.854 e. The number of hydrogen-bond acceptors (Lipinski definition) is 12. The molecule has 12 nitrogen and oxygen atoms in total. The van der Waals surface area contributed by atoms with E-state index < -0.39 is 34.4 Å². The Kier molecular flexibility index (Phi) is 89.6. The standard InChI is InChI=1S/4O3P.3Th/c4*1-4(2)3;;;/q4*-3;3*+4. The monoisotopic (exact) mass is 1010 g/mol. The van der Waals surface area contributed by atoms with E-state index in [-0.39, 0.29) is 120 Å². The predicted octanol–water partition coefficient (Wildman–Crippen LogP) is -10.8. The predicted molar refractivity (Wildman–Crippen MR) is 27.7 cm³/mol. The van der Waals surface area contributed by atoms with Gasteiger partial charge in [-0.25, -0.2) is 0 Å². The molecule has 0 aromatic heterocycles. The summed E-state index contributed by atoms with van der Waals surface area (Å²) in [6, 6.07) is 0. The molecule has 0 N–H and O–H groups in total. The zero-order chi connectivity index (χ0) is 14.3. The SMILES string of the molecule is [O-]P([O-])[O-].[O-]P([O-])[O-].[O-]P([O-])[O-].[O-]P([O-])[O-].[Th+4].[Th+4].[Th+4]. The maximum Gasteiger partial charge on any atom is 4.00 e. The normalized spacial score (nSPS) is 7.58. The first-order chi connectivity index (χ1) is 6.93.